The number of hydrogen-bond acceptors (Lipinski definition) is 10. The van der Waals surface area contributed by atoms with E-state index in [1.165, 1.54) is 12.1 Å². The number of piperazine rings is 1. The molecule has 12 nitrogen and oxygen atoms in total. The fourth-order valence-electron chi connectivity index (χ4n) is 5.78. The molecule has 2 heterocycles. The minimum atomic E-state index is -0.671. The highest BCUT2D eigenvalue weighted by Gasteiger charge is 2.26. The van der Waals surface area contributed by atoms with Crippen LogP contribution in [-0.2, 0) is 23.8 Å². The van der Waals surface area contributed by atoms with Crippen molar-refractivity contribution in [1.29, 1.82) is 0 Å². The van der Waals surface area contributed by atoms with E-state index in [9.17, 15) is 14.7 Å². The first-order valence-corrected chi connectivity index (χ1v) is 16.8. The maximum Gasteiger partial charge on any atom is 0.246 e. The molecular formula is C36H42ClFN6O6. The third-order valence-electron chi connectivity index (χ3n) is 8.47. The zero-order valence-electron chi connectivity index (χ0n) is 28.3. The van der Waals surface area contributed by atoms with Crippen molar-refractivity contribution in [2.45, 2.75) is 6.42 Å². The van der Waals surface area contributed by atoms with Crippen molar-refractivity contribution < 1.29 is 33.3 Å². The highest BCUT2D eigenvalue weighted by molar-refractivity contribution is 6.35. The van der Waals surface area contributed by atoms with Crippen molar-refractivity contribution in [1.82, 2.24) is 19.8 Å². The molecule has 1 saturated heterocycles. The molecule has 0 unspecified atom stereocenters. The van der Waals surface area contributed by atoms with E-state index in [1.807, 2.05) is 29.2 Å². The Labute approximate surface area is 295 Å². The van der Waals surface area contributed by atoms with Gasteiger partial charge in [0.2, 0.25) is 17.8 Å². The molecule has 5 rings (SSSR count). The minimum Gasteiger partial charge on any atom is -0.508 e. The smallest absolute Gasteiger partial charge is 0.246 e. The largest absolute Gasteiger partial charge is 0.508 e. The number of hydrogen-bond donors (Lipinski definition) is 2. The number of carbonyl (C=O) groups is 2. The van der Waals surface area contributed by atoms with Crippen molar-refractivity contribution in [3.63, 3.8) is 0 Å². The molecule has 14 heteroatoms. The number of methoxy groups -OCH3 is 1. The summed E-state index contributed by atoms with van der Waals surface area (Å²) in [6, 6.07) is 12.1. The number of nitrogens with one attached hydrogen (secondary N) is 1. The second-order valence-corrected chi connectivity index (χ2v) is 12.2. The molecule has 2 amide bonds. The highest BCUT2D eigenvalue weighted by Crippen LogP contribution is 2.42. The number of amides is 2. The molecule has 1 fully saturated rings. The molecule has 1 aliphatic heterocycles. The number of ether oxygens (including phenoxy) is 3. The number of nitrogens with zero attached hydrogens (tertiary/aromatic N) is 5. The molecule has 0 aliphatic carbocycles. The number of likely N-dealkylation sites (N-methyl/N-ethyl adjacent to an activating group) is 1. The van der Waals surface area contributed by atoms with Crippen LogP contribution in [0.5, 0.6) is 5.75 Å². The first kappa shape index (κ1) is 36.7. The van der Waals surface area contributed by atoms with Gasteiger partial charge >= 0.3 is 0 Å². The van der Waals surface area contributed by atoms with Gasteiger partial charge in [-0.2, -0.15) is 4.98 Å². The van der Waals surface area contributed by atoms with Crippen LogP contribution in [0.4, 0.5) is 16.2 Å². The van der Waals surface area contributed by atoms with Crippen LogP contribution in [0.2, 0.25) is 5.02 Å². The average molecular weight is 709 g/mol. The number of fused-ring (bicyclic) bond motifs is 2. The second-order valence-electron chi connectivity index (χ2n) is 11.8. The molecule has 0 atom stereocenters. The maximum absolute atomic E-state index is 16.8. The van der Waals surface area contributed by atoms with Crippen LogP contribution in [0.3, 0.4) is 0 Å². The minimum absolute atomic E-state index is 0.0277. The summed E-state index contributed by atoms with van der Waals surface area (Å²) in [5, 5.41) is 15.6. The summed E-state index contributed by atoms with van der Waals surface area (Å²) in [7, 11) is 3.31. The van der Waals surface area contributed by atoms with E-state index in [4.69, 9.17) is 30.8 Å². The number of rotatable bonds is 16. The zero-order valence-corrected chi connectivity index (χ0v) is 29.0. The van der Waals surface area contributed by atoms with E-state index in [-0.39, 0.29) is 52.6 Å². The van der Waals surface area contributed by atoms with Gasteiger partial charge in [-0.1, -0.05) is 42.4 Å². The average Bonchev–Trinajstić information content (AvgIpc) is 3.12. The van der Waals surface area contributed by atoms with Gasteiger partial charge < -0.3 is 39.3 Å². The van der Waals surface area contributed by atoms with Gasteiger partial charge in [0, 0.05) is 70.8 Å². The topological polar surface area (TPSA) is 130 Å². The molecule has 50 heavy (non-hydrogen) atoms. The van der Waals surface area contributed by atoms with Crippen LogP contribution in [0.1, 0.15) is 6.42 Å². The summed E-state index contributed by atoms with van der Waals surface area (Å²) < 4.78 is 32.6. The van der Waals surface area contributed by atoms with E-state index in [1.54, 1.807) is 36.1 Å². The molecule has 266 valence electrons. The van der Waals surface area contributed by atoms with E-state index < -0.39 is 5.82 Å². The SMILES string of the molecule is C=CC(=O)N1CCN(c2nc(NCCC(=O)N(C)CCOCCOCCOC)nc3c(F)c(-c4cc(O)cc5ccccc45)c(Cl)cc23)CC1. The summed E-state index contributed by atoms with van der Waals surface area (Å²) in [4.78, 5) is 39.6. The molecule has 4 aromatic rings. The van der Waals surface area contributed by atoms with E-state index >= 15 is 4.39 Å². The summed E-state index contributed by atoms with van der Waals surface area (Å²) >= 11 is 6.82. The lowest BCUT2D eigenvalue weighted by molar-refractivity contribution is -0.130. The summed E-state index contributed by atoms with van der Waals surface area (Å²) in [6.07, 6.45) is 1.42. The monoisotopic (exact) mass is 708 g/mol. The first-order valence-electron chi connectivity index (χ1n) is 16.4. The molecule has 3 aromatic carbocycles. The maximum atomic E-state index is 16.8. The molecule has 0 spiro atoms. The molecule has 0 saturated carbocycles. The van der Waals surface area contributed by atoms with Crippen LogP contribution in [0.15, 0.2) is 55.1 Å². The number of halogens is 2. The Hall–Kier alpha value is -4.56. The Morgan fingerprint density at radius 2 is 1.76 bits per heavy atom. The van der Waals surface area contributed by atoms with Crippen molar-refractivity contribution >= 4 is 56.9 Å². The molecular weight excluding hydrogens is 667 g/mol. The van der Waals surface area contributed by atoms with Crippen molar-refractivity contribution in [2.24, 2.45) is 0 Å². The van der Waals surface area contributed by atoms with Gasteiger partial charge in [0.25, 0.3) is 0 Å². The molecule has 1 aromatic heterocycles. The van der Waals surface area contributed by atoms with Gasteiger partial charge in [0.1, 0.15) is 17.1 Å². The van der Waals surface area contributed by atoms with Crippen molar-refractivity contribution in [2.75, 3.05) is 96.7 Å². The number of benzene rings is 3. The predicted molar refractivity (Wildman–Crippen MR) is 192 cm³/mol. The van der Waals surface area contributed by atoms with E-state index in [2.05, 4.69) is 16.9 Å². The third-order valence-corrected chi connectivity index (χ3v) is 8.76. The lowest BCUT2D eigenvalue weighted by atomic mass is 9.96. The summed E-state index contributed by atoms with van der Waals surface area (Å²) in [5.74, 6) is -0.391. The number of anilines is 2. The Bertz CT molecular complexity index is 1840. The quantitative estimate of drug-likeness (QED) is 0.125. The predicted octanol–water partition coefficient (Wildman–Crippen LogP) is 4.72. The van der Waals surface area contributed by atoms with Crippen LogP contribution >= 0.6 is 11.6 Å². The highest BCUT2D eigenvalue weighted by atomic mass is 35.5. The van der Waals surface area contributed by atoms with Crippen LogP contribution in [0.25, 0.3) is 32.8 Å². The van der Waals surface area contributed by atoms with Crippen LogP contribution < -0.4 is 10.2 Å². The van der Waals surface area contributed by atoms with Crippen LogP contribution in [-0.4, -0.2) is 123 Å². The van der Waals surface area contributed by atoms with Gasteiger partial charge in [-0.25, -0.2) is 9.37 Å². The Morgan fingerprint density at radius 1 is 1.04 bits per heavy atom. The lowest BCUT2D eigenvalue weighted by Crippen LogP contribution is -2.48. The number of phenols is 1. The zero-order chi connectivity index (χ0) is 35.6. The van der Waals surface area contributed by atoms with Gasteiger partial charge in [-0.05, 0) is 40.6 Å². The van der Waals surface area contributed by atoms with E-state index in [0.29, 0.717) is 87.9 Å². The third kappa shape index (κ3) is 8.77. The standard InChI is InChI=1S/C36H42ClFN6O6/c1-4-30(46)43-11-13-44(14-12-43)35-28-23-29(37)32(27-22-25(45)21-24-7-5-6-8-26(24)27)33(38)34(28)40-36(41-35)39-10-9-31(47)42(2)15-16-49-19-20-50-18-17-48-3/h4-8,21-23,45H,1,9-20H2,2-3H3,(H,39,40,41). The molecule has 2 N–H and O–H groups in total. The number of carbonyl (C=O) groups excluding carboxylic acids is 2. The fourth-order valence-corrected chi connectivity index (χ4v) is 6.07. The Balaban J connectivity index is 1.37. The molecule has 0 radical (unpaired) electrons. The lowest BCUT2D eigenvalue weighted by Gasteiger charge is -2.35. The second kappa shape index (κ2) is 17.4. The summed E-state index contributed by atoms with van der Waals surface area (Å²) in [6.45, 7) is 8.16. The molecule has 1 aliphatic rings. The van der Waals surface area contributed by atoms with Gasteiger partial charge in [0.05, 0.1) is 38.1 Å². The van der Waals surface area contributed by atoms with Crippen molar-refractivity contribution in [3.8, 4) is 16.9 Å². The molecule has 0 bridgehead atoms. The van der Waals surface area contributed by atoms with Crippen molar-refractivity contribution in [3.05, 3.63) is 66.0 Å². The Kier molecular flexibility index (Phi) is 12.8. The fraction of sp³-hybridized carbons (Fsp3) is 0.389. The van der Waals surface area contributed by atoms with E-state index in [0.717, 1.165) is 5.39 Å². The van der Waals surface area contributed by atoms with Crippen LogP contribution in [0, 0.1) is 5.82 Å². The summed E-state index contributed by atoms with van der Waals surface area (Å²) in [5.41, 5.74) is 0.553. The van der Waals surface area contributed by atoms with Gasteiger partial charge in [-0.3, -0.25) is 9.59 Å². The first-order chi connectivity index (χ1) is 24.2. The van der Waals surface area contributed by atoms with Gasteiger partial charge in [0.15, 0.2) is 5.82 Å². The Morgan fingerprint density at radius 3 is 2.50 bits per heavy atom. The van der Waals surface area contributed by atoms with Gasteiger partial charge in [-0.15, -0.1) is 0 Å². The number of phenolic OH excluding ortho intramolecular Hbond substituents is 1. The number of aromatic hydroxyl groups is 1. The number of aromatic nitrogens is 2. The normalized spacial score (nSPS) is 13.2.